The highest BCUT2D eigenvalue weighted by molar-refractivity contribution is 5.92. The fourth-order valence-electron chi connectivity index (χ4n) is 2.18. The van der Waals surface area contributed by atoms with Crippen LogP contribution in [0, 0.1) is 19.7 Å². The van der Waals surface area contributed by atoms with Gasteiger partial charge in [-0.25, -0.2) is 4.39 Å². The summed E-state index contributed by atoms with van der Waals surface area (Å²) in [5, 5.41) is 2.78. The fraction of sp³-hybridized carbons (Fsp3) is 0.235. The first-order valence-corrected chi connectivity index (χ1v) is 6.84. The number of hydrogen-bond acceptors (Lipinski definition) is 2. The first kappa shape index (κ1) is 15.2. The molecule has 3 nitrogen and oxygen atoms in total. The Bertz CT molecular complexity index is 668. The van der Waals surface area contributed by atoms with Crippen LogP contribution in [0.2, 0.25) is 0 Å². The summed E-state index contributed by atoms with van der Waals surface area (Å²) in [6, 6.07) is 10.4. The molecule has 0 aliphatic rings. The minimum absolute atomic E-state index is 0.104. The summed E-state index contributed by atoms with van der Waals surface area (Å²) < 4.78 is 13.4. The van der Waals surface area contributed by atoms with E-state index in [1.54, 1.807) is 6.07 Å². The SMILES string of the molecule is Cc1ccc(C)c(CC(=O)Nc2ccc(F)c(CN)c2)c1. The molecule has 0 radical (unpaired) electrons. The van der Waals surface area contributed by atoms with Crippen molar-refractivity contribution in [2.24, 2.45) is 5.73 Å². The third-order valence-corrected chi connectivity index (χ3v) is 3.41. The van der Waals surface area contributed by atoms with E-state index in [2.05, 4.69) is 5.32 Å². The highest BCUT2D eigenvalue weighted by atomic mass is 19.1. The number of halogens is 1. The molecule has 0 spiro atoms. The van der Waals surface area contributed by atoms with Gasteiger partial charge in [0, 0.05) is 17.8 Å². The van der Waals surface area contributed by atoms with Gasteiger partial charge in [-0.2, -0.15) is 0 Å². The molecule has 2 aromatic carbocycles. The minimum atomic E-state index is -0.356. The smallest absolute Gasteiger partial charge is 0.228 e. The van der Waals surface area contributed by atoms with Gasteiger partial charge in [-0.1, -0.05) is 23.8 Å². The molecular formula is C17H19FN2O. The maximum Gasteiger partial charge on any atom is 0.228 e. The highest BCUT2D eigenvalue weighted by Gasteiger charge is 2.08. The number of carbonyl (C=O) groups is 1. The molecule has 0 aliphatic heterocycles. The third-order valence-electron chi connectivity index (χ3n) is 3.41. The number of amides is 1. The predicted octanol–water partition coefficient (Wildman–Crippen LogP) is 3.08. The van der Waals surface area contributed by atoms with Crippen LogP contribution in [-0.2, 0) is 17.8 Å². The van der Waals surface area contributed by atoms with Crippen LogP contribution in [0.3, 0.4) is 0 Å². The maximum absolute atomic E-state index is 13.4. The van der Waals surface area contributed by atoms with E-state index in [4.69, 9.17) is 5.73 Å². The molecule has 4 heteroatoms. The van der Waals surface area contributed by atoms with Crippen LogP contribution in [0.25, 0.3) is 0 Å². The summed E-state index contributed by atoms with van der Waals surface area (Å²) in [7, 11) is 0. The molecule has 0 bridgehead atoms. The number of carbonyl (C=O) groups excluding carboxylic acids is 1. The van der Waals surface area contributed by atoms with E-state index in [1.165, 1.54) is 12.1 Å². The van der Waals surface area contributed by atoms with Crippen molar-refractivity contribution in [3.8, 4) is 0 Å². The van der Waals surface area contributed by atoms with Gasteiger partial charge in [0.05, 0.1) is 6.42 Å². The number of benzene rings is 2. The number of nitrogens with two attached hydrogens (primary N) is 1. The fourth-order valence-corrected chi connectivity index (χ4v) is 2.18. The zero-order chi connectivity index (χ0) is 15.4. The van der Waals surface area contributed by atoms with Crippen molar-refractivity contribution in [3.63, 3.8) is 0 Å². The van der Waals surface area contributed by atoms with E-state index < -0.39 is 0 Å². The van der Waals surface area contributed by atoms with Gasteiger partial charge in [-0.05, 0) is 43.2 Å². The zero-order valence-electron chi connectivity index (χ0n) is 12.2. The first-order chi connectivity index (χ1) is 9.99. The van der Waals surface area contributed by atoms with Crippen molar-refractivity contribution in [1.82, 2.24) is 0 Å². The van der Waals surface area contributed by atoms with Crippen molar-refractivity contribution in [2.45, 2.75) is 26.8 Å². The van der Waals surface area contributed by atoms with Crippen LogP contribution < -0.4 is 11.1 Å². The van der Waals surface area contributed by atoms with Gasteiger partial charge in [-0.3, -0.25) is 4.79 Å². The molecule has 2 rings (SSSR count). The Balaban J connectivity index is 2.10. The van der Waals surface area contributed by atoms with E-state index >= 15 is 0 Å². The second-order valence-electron chi connectivity index (χ2n) is 5.17. The highest BCUT2D eigenvalue weighted by Crippen LogP contribution is 2.16. The van der Waals surface area contributed by atoms with Crippen LogP contribution in [0.1, 0.15) is 22.3 Å². The van der Waals surface area contributed by atoms with Crippen molar-refractivity contribution < 1.29 is 9.18 Å². The molecule has 0 heterocycles. The molecule has 1 amide bonds. The number of aryl methyl sites for hydroxylation is 2. The van der Waals surface area contributed by atoms with Gasteiger partial charge in [0.15, 0.2) is 0 Å². The van der Waals surface area contributed by atoms with Crippen LogP contribution in [0.4, 0.5) is 10.1 Å². The summed E-state index contributed by atoms with van der Waals surface area (Å²) in [4.78, 5) is 12.1. The third kappa shape index (κ3) is 3.89. The molecular weight excluding hydrogens is 267 g/mol. The van der Waals surface area contributed by atoms with Gasteiger partial charge < -0.3 is 11.1 Å². The molecule has 0 saturated heterocycles. The van der Waals surface area contributed by atoms with Crippen molar-refractivity contribution in [2.75, 3.05) is 5.32 Å². The lowest BCUT2D eigenvalue weighted by atomic mass is 10.0. The standard InChI is InChI=1S/C17H19FN2O/c1-11-3-4-12(2)13(7-11)9-17(21)20-15-5-6-16(18)14(8-15)10-19/h3-8H,9-10,19H2,1-2H3,(H,20,21). The Morgan fingerprint density at radius 3 is 2.62 bits per heavy atom. The Labute approximate surface area is 124 Å². The summed E-state index contributed by atoms with van der Waals surface area (Å²) in [5.74, 6) is -0.483. The maximum atomic E-state index is 13.4. The van der Waals surface area contributed by atoms with Crippen molar-refractivity contribution >= 4 is 11.6 Å². The van der Waals surface area contributed by atoms with E-state index in [1.807, 2.05) is 32.0 Å². The molecule has 0 aliphatic carbocycles. The Morgan fingerprint density at radius 1 is 1.14 bits per heavy atom. The van der Waals surface area contributed by atoms with Gasteiger partial charge in [-0.15, -0.1) is 0 Å². The summed E-state index contributed by atoms with van der Waals surface area (Å²) in [6.07, 6.45) is 0.294. The van der Waals surface area contributed by atoms with E-state index in [9.17, 15) is 9.18 Å². The molecule has 0 atom stereocenters. The zero-order valence-corrected chi connectivity index (χ0v) is 12.2. The molecule has 3 N–H and O–H groups in total. The second-order valence-corrected chi connectivity index (χ2v) is 5.17. The molecule has 0 unspecified atom stereocenters. The number of nitrogens with one attached hydrogen (secondary N) is 1. The lowest BCUT2D eigenvalue weighted by Gasteiger charge is -2.09. The van der Waals surface area contributed by atoms with E-state index in [0.29, 0.717) is 17.7 Å². The van der Waals surface area contributed by atoms with Crippen LogP contribution >= 0.6 is 0 Å². The largest absolute Gasteiger partial charge is 0.326 e. The van der Waals surface area contributed by atoms with E-state index in [0.717, 1.165) is 16.7 Å². The van der Waals surface area contributed by atoms with Crippen LogP contribution in [0.5, 0.6) is 0 Å². The molecule has 0 fully saturated rings. The Morgan fingerprint density at radius 2 is 1.90 bits per heavy atom. The monoisotopic (exact) mass is 286 g/mol. The predicted molar refractivity (Wildman–Crippen MR) is 82.5 cm³/mol. The van der Waals surface area contributed by atoms with Gasteiger partial charge in [0.25, 0.3) is 0 Å². The average molecular weight is 286 g/mol. The Hall–Kier alpha value is -2.20. The van der Waals surface area contributed by atoms with Gasteiger partial charge in [0.2, 0.25) is 5.91 Å². The van der Waals surface area contributed by atoms with Crippen LogP contribution in [0.15, 0.2) is 36.4 Å². The minimum Gasteiger partial charge on any atom is -0.326 e. The second kappa shape index (κ2) is 6.50. The average Bonchev–Trinajstić information content (AvgIpc) is 2.45. The normalized spacial score (nSPS) is 10.5. The van der Waals surface area contributed by atoms with Crippen molar-refractivity contribution in [3.05, 3.63) is 64.5 Å². The van der Waals surface area contributed by atoms with Crippen LogP contribution in [-0.4, -0.2) is 5.91 Å². The Kier molecular flexibility index (Phi) is 4.70. The lowest BCUT2D eigenvalue weighted by Crippen LogP contribution is -2.15. The van der Waals surface area contributed by atoms with Crippen molar-refractivity contribution in [1.29, 1.82) is 0 Å². The molecule has 21 heavy (non-hydrogen) atoms. The molecule has 0 aromatic heterocycles. The summed E-state index contributed by atoms with van der Waals surface area (Å²) in [6.45, 7) is 4.08. The molecule has 2 aromatic rings. The molecule has 0 saturated carbocycles. The number of rotatable bonds is 4. The van der Waals surface area contributed by atoms with Gasteiger partial charge in [0.1, 0.15) is 5.82 Å². The quantitative estimate of drug-likeness (QED) is 0.907. The summed E-state index contributed by atoms with van der Waals surface area (Å²) in [5.41, 5.74) is 9.60. The first-order valence-electron chi connectivity index (χ1n) is 6.84. The molecule has 110 valence electrons. The van der Waals surface area contributed by atoms with E-state index in [-0.39, 0.29) is 18.3 Å². The summed E-state index contributed by atoms with van der Waals surface area (Å²) >= 11 is 0. The number of hydrogen-bond donors (Lipinski definition) is 2. The lowest BCUT2D eigenvalue weighted by molar-refractivity contribution is -0.115. The van der Waals surface area contributed by atoms with Gasteiger partial charge >= 0.3 is 0 Å². The number of anilines is 1. The topological polar surface area (TPSA) is 55.1 Å².